The molecule has 0 radical (unpaired) electrons. The van der Waals surface area contributed by atoms with Gasteiger partial charge in [0.15, 0.2) is 4.33 Å². The number of hydrogen-bond donors (Lipinski definition) is 0. The van der Waals surface area contributed by atoms with Gasteiger partial charge in [0.25, 0.3) is 0 Å². The first-order chi connectivity index (χ1) is 8.66. The van der Waals surface area contributed by atoms with E-state index >= 15 is 0 Å². The van der Waals surface area contributed by atoms with Crippen LogP contribution in [-0.4, -0.2) is 30.1 Å². The fourth-order valence-corrected chi connectivity index (χ4v) is 10.2. The van der Waals surface area contributed by atoms with Crippen LogP contribution in [0.1, 0.15) is 6.42 Å². The number of carbonyl (C=O) groups is 1. The Kier molecular flexibility index (Phi) is 1.99. The van der Waals surface area contributed by atoms with Crippen molar-refractivity contribution in [2.75, 3.05) is 0 Å². The van der Waals surface area contributed by atoms with Gasteiger partial charge in [0, 0.05) is 11.8 Å². The third-order valence-electron chi connectivity index (χ3n) is 6.54. The van der Waals surface area contributed by atoms with Gasteiger partial charge in [-0.1, -0.05) is 23.2 Å². The molecule has 0 aromatic heterocycles. The van der Waals surface area contributed by atoms with Crippen molar-refractivity contribution in [1.29, 1.82) is 0 Å². The molecule has 1 nitrogen and oxygen atoms in total. The van der Waals surface area contributed by atoms with Crippen molar-refractivity contribution in [2.24, 2.45) is 29.6 Å². The maximum atomic E-state index is 12.6. The molecule has 0 saturated heterocycles. The fourth-order valence-electron chi connectivity index (χ4n) is 6.19. The lowest BCUT2D eigenvalue weighted by Crippen LogP contribution is -2.54. The number of Topliss-reactive ketones (excluding diaryl/α,β-unsaturated/α-hetero) is 1. The van der Waals surface area contributed by atoms with Gasteiger partial charge in [-0.15, -0.1) is 46.4 Å². The average Bonchev–Trinajstić information content (AvgIpc) is 2.95. The molecule has 5 fully saturated rings. The highest BCUT2D eigenvalue weighted by Gasteiger charge is 3.00. The standard InChI is InChI=1S/C12H8Cl6O/c13-8-9(14)6-2-1-3(7(6)19)4-5(2)11(9,16)12(17,18)10(4,8)15/h2-6,8H,1H2/t2-,3+,4-,5-,6+,8+,9-,10+,11-/m1/s1. The molecule has 0 aromatic carbocycles. The predicted molar refractivity (Wildman–Crippen MR) is 76.9 cm³/mol. The van der Waals surface area contributed by atoms with Crippen molar-refractivity contribution >= 4 is 75.4 Å². The molecule has 0 aliphatic heterocycles. The Balaban J connectivity index is 1.95. The van der Waals surface area contributed by atoms with Crippen molar-refractivity contribution in [3.8, 4) is 0 Å². The zero-order valence-electron chi connectivity index (χ0n) is 9.35. The van der Waals surface area contributed by atoms with Gasteiger partial charge in [-0.2, -0.15) is 0 Å². The summed E-state index contributed by atoms with van der Waals surface area (Å²) in [5, 5.41) is -0.693. The summed E-state index contributed by atoms with van der Waals surface area (Å²) < 4.78 is -1.40. The molecule has 0 aromatic rings. The minimum atomic E-state index is -1.40. The summed E-state index contributed by atoms with van der Waals surface area (Å²) in [6.45, 7) is 0. The summed E-state index contributed by atoms with van der Waals surface area (Å²) in [6.07, 6.45) is 0.809. The molecule has 9 atom stereocenters. The van der Waals surface area contributed by atoms with E-state index in [9.17, 15) is 4.79 Å². The lowest BCUT2D eigenvalue weighted by molar-refractivity contribution is -0.126. The summed E-state index contributed by atoms with van der Waals surface area (Å²) in [4.78, 5) is 9.19. The Morgan fingerprint density at radius 2 is 1.63 bits per heavy atom. The predicted octanol–water partition coefficient (Wildman–Crippen LogP) is 3.81. The maximum Gasteiger partial charge on any atom is 0.160 e. The zero-order valence-corrected chi connectivity index (χ0v) is 13.9. The van der Waals surface area contributed by atoms with Gasteiger partial charge in [-0.3, -0.25) is 4.79 Å². The maximum absolute atomic E-state index is 12.6. The topological polar surface area (TPSA) is 17.1 Å². The van der Waals surface area contributed by atoms with E-state index in [-0.39, 0.29) is 35.4 Å². The molecule has 5 aliphatic carbocycles. The van der Waals surface area contributed by atoms with Crippen LogP contribution in [0.3, 0.4) is 0 Å². The summed E-state index contributed by atoms with van der Waals surface area (Å²) in [5.74, 6) is -0.312. The van der Waals surface area contributed by atoms with Crippen molar-refractivity contribution < 1.29 is 4.79 Å². The Morgan fingerprint density at radius 1 is 1.00 bits per heavy atom. The molecule has 0 spiro atoms. The van der Waals surface area contributed by atoms with Crippen LogP contribution in [0.15, 0.2) is 0 Å². The monoisotopic (exact) mass is 378 g/mol. The second-order valence-corrected chi connectivity index (χ2v) is 10.2. The third kappa shape index (κ3) is 0.788. The first-order valence-corrected chi connectivity index (χ1v) is 8.61. The highest BCUT2D eigenvalue weighted by atomic mass is 35.5. The Bertz CT molecular complexity index is 564. The van der Waals surface area contributed by atoms with E-state index in [0.29, 0.717) is 0 Å². The quantitative estimate of drug-likeness (QED) is 0.584. The normalized spacial score (nSPS) is 73.7. The number of halogens is 6. The van der Waals surface area contributed by atoms with Crippen LogP contribution in [0, 0.1) is 29.6 Å². The Hall–Kier alpha value is 1.41. The fraction of sp³-hybridized carbons (Fsp3) is 0.917. The molecular formula is C12H8Cl6O. The molecule has 19 heavy (non-hydrogen) atoms. The zero-order chi connectivity index (χ0) is 13.7. The first-order valence-electron chi connectivity index (χ1n) is 6.29. The van der Waals surface area contributed by atoms with E-state index in [1.807, 2.05) is 0 Å². The van der Waals surface area contributed by atoms with E-state index < -0.39 is 24.3 Å². The molecule has 104 valence electrons. The highest BCUT2D eigenvalue weighted by molar-refractivity contribution is 6.64. The molecule has 4 bridgehead atoms. The van der Waals surface area contributed by atoms with Crippen LogP contribution in [0.4, 0.5) is 0 Å². The third-order valence-corrected chi connectivity index (χ3v) is 11.5. The van der Waals surface area contributed by atoms with E-state index in [1.54, 1.807) is 0 Å². The van der Waals surface area contributed by atoms with Crippen molar-refractivity contribution in [3.05, 3.63) is 0 Å². The number of ketones is 1. The second-order valence-electron chi connectivity index (χ2n) is 6.62. The lowest BCUT2D eigenvalue weighted by atomic mass is 9.76. The van der Waals surface area contributed by atoms with E-state index in [2.05, 4.69) is 0 Å². The summed E-state index contributed by atoms with van der Waals surface area (Å²) in [7, 11) is 0. The Morgan fingerprint density at radius 3 is 2.26 bits per heavy atom. The van der Waals surface area contributed by atoms with Gasteiger partial charge in [0.05, 0.1) is 10.3 Å². The SMILES string of the molecule is O=C1[C@H]2C[C@@H]3[C@@H]4[C@@H]2[C@]2(Cl)[C@@H](Cl)[C@](Cl)([C@H]13)[C@@]4(Cl)C2(Cl)Cl. The van der Waals surface area contributed by atoms with Gasteiger partial charge in [-0.25, -0.2) is 0 Å². The number of rotatable bonds is 0. The molecule has 0 amide bonds. The highest BCUT2D eigenvalue weighted by Crippen LogP contribution is 2.90. The minimum Gasteiger partial charge on any atom is -0.299 e. The van der Waals surface area contributed by atoms with Crippen molar-refractivity contribution in [3.63, 3.8) is 0 Å². The van der Waals surface area contributed by atoms with Crippen LogP contribution >= 0.6 is 69.6 Å². The van der Waals surface area contributed by atoms with Gasteiger partial charge in [0.2, 0.25) is 0 Å². The summed E-state index contributed by atoms with van der Waals surface area (Å²) in [6, 6.07) is 0. The second kappa shape index (κ2) is 2.93. The smallest absolute Gasteiger partial charge is 0.160 e. The molecule has 5 rings (SSSR count). The van der Waals surface area contributed by atoms with E-state index in [1.165, 1.54) is 0 Å². The van der Waals surface area contributed by atoms with Crippen LogP contribution in [0.25, 0.3) is 0 Å². The van der Waals surface area contributed by atoms with Gasteiger partial charge in [-0.05, 0) is 24.2 Å². The number of carbonyl (C=O) groups excluding carboxylic acids is 1. The van der Waals surface area contributed by atoms with Crippen molar-refractivity contribution in [1.82, 2.24) is 0 Å². The van der Waals surface area contributed by atoms with Crippen molar-refractivity contribution in [2.45, 2.75) is 30.8 Å². The molecule has 5 saturated carbocycles. The number of alkyl halides is 6. The largest absolute Gasteiger partial charge is 0.299 e. The number of hydrogen-bond acceptors (Lipinski definition) is 1. The molecule has 7 heteroatoms. The lowest BCUT2D eigenvalue weighted by Gasteiger charge is -2.41. The minimum absolute atomic E-state index is 0.00173. The van der Waals surface area contributed by atoms with E-state index in [0.717, 1.165) is 6.42 Å². The summed E-state index contributed by atoms with van der Waals surface area (Å²) in [5.41, 5.74) is 0. The van der Waals surface area contributed by atoms with Crippen LogP contribution < -0.4 is 0 Å². The van der Waals surface area contributed by atoms with Crippen LogP contribution in [0.2, 0.25) is 0 Å². The van der Waals surface area contributed by atoms with Gasteiger partial charge in [0.1, 0.15) is 15.5 Å². The first kappa shape index (κ1) is 12.9. The molecule has 0 unspecified atom stereocenters. The Labute approximate surface area is 140 Å². The van der Waals surface area contributed by atoms with E-state index in [4.69, 9.17) is 69.6 Å². The molecular weight excluding hydrogens is 373 g/mol. The average molecular weight is 381 g/mol. The van der Waals surface area contributed by atoms with Gasteiger partial charge >= 0.3 is 0 Å². The molecule has 5 aliphatic rings. The molecule has 0 N–H and O–H groups in total. The molecule has 0 heterocycles. The number of fused-ring (bicyclic) bond motifs is 5. The van der Waals surface area contributed by atoms with Crippen LogP contribution in [0.5, 0.6) is 0 Å². The van der Waals surface area contributed by atoms with Crippen LogP contribution in [-0.2, 0) is 4.79 Å². The van der Waals surface area contributed by atoms with Gasteiger partial charge < -0.3 is 0 Å². The summed E-state index contributed by atoms with van der Waals surface area (Å²) >= 11 is 40.2.